The van der Waals surface area contributed by atoms with Gasteiger partial charge in [0.2, 0.25) is 0 Å². The number of hydrogen-bond acceptors (Lipinski definition) is 4. The number of amides is 2. The van der Waals surface area contributed by atoms with E-state index in [1.165, 1.54) is 38.5 Å². The monoisotopic (exact) mass is 427 g/mol. The van der Waals surface area contributed by atoms with Gasteiger partial charge in [-0.15, -0.1) is 0 Å². The molecule has 0 atom stereocenters. The van der Waals surface area contributed by atoms with Gasteiger partial charge in [-0.2, -0.15) is 0 Å². The number of rotatable bonds is 8. The van der Waals surface area contributed by atoms with Crippen molar-refractivity contribution in [1.29, 1.82) is 0 Å². The molecule has 1 heterocycles. The molecular formula is C25H37N3O3. The first kappa shape index (κ1) is 21.1. The molecule has 1 saturated heterocycles. The van der Waals surface area contributed by atoms with Crippen molar-refractivity contribution in [3.8, 4) is 5.75 Å². The zero-order chi connectivity index (χ0) is 21.1. The lowest BCUT2D eigenvalue weighted by Crippen LogP contribution is -2.51. The van der Waals surface area contributed by atoms with Crippen LogP contribution >= 0.6 is 0 Å². The summed E-state index contributed by atoms with van der Waals surface area (Å²) in [6, 6.07) is 7.62. The molecule has 4 bridgehead atoms. The summed E-state index contributed by atoms with van der Waals surface area (Å²) in [5.74, 6) is 3.59. The van der Waals surface area contributed by atoms with E-state index in [-0.39, 0.29) is 6.03 Å². The Morgan fingerprint density at radius 2 is 1.68 bits per heavy atom. The molecule has 6 nitrogen and oxygen atoms in total. The lowest BCUT2D eigenvalue weighted by Gasteiger charge is -2.56. The number of anilines is 1. The fourth-order valence-electron chi connectivity index (χ4n) is 6.89. The fraction of sp³-hybridized carbons (Fsp3) is 0.720. The summed E-state index contributed by atoms with van der Waals surface area (Å²) in [7, 11) is 0. The molecule has 5 fully saturated rings. The van der Waals surface area contributed by atoms with E-state index in [9.17, 15) is 4.79 Å². The molecule has 5 aliphatic rings. The predicted octanol–water partition coefficient (Wildman–Crippen LogP) is 4.13. The summed E-state index contributed by atoms with van der Waals surface area (Å²) < 4.78 is 11.2. The summed E-state index contributed by atoms with van der Waals surface area (Å²) in [5.41, 5.74) is 1.18. The predicted molar refractivity (Wildman–Crippen MR) is 121 cm³/mol. The van der Waals surface area contributed by atoms with Gasteiger partial charge in [0, 0.05) is 31.9 Å². The van der Waals surface area contributed by atoms with Crippen molar-refractivity contribution in [2.75, 3.05) is 51.3 Å². The van der Waals surface area contributed by atoms with Gasteiger partial charge < -0.3 is 20.1 Å². The van der Waals surface area contributed by atoms with E-state index in [1.54, 1.807) is 0 Å². The highest BCUT2D eigenvalue weighted by atomic mass is 16.5. The van der Waals surface area contributed by atoms with Gasteiger partial charge in [0.15, 0.2) is 0 Å². The Morgan fingerprint density at radius 3 is 2.32 bits per heavy atom. The molecule has 6 heteroatoms. The minimum atomic E-state index is -0.0880. The van der Waals surface area contributed by atoms with Crippen molar-refractivity contribution >= 4 is 11.7 Å². The van der Waals surface area contributed by atoms with Crippen molar-refractivity contribution in [3.63, 3.8) is 0 Å². The first-order chi connectivity index (χ1) is 15.2. The second kappa shape index (κ2) is 9.37. The topological polar surface area (TPSA) is 62.8 Å². The van der Waals surface area contributed by atoms with Gasteiger partial charge in [-0.3, -0.25) is 4.90 Å². The largest absolute Gasteiger partial charge is 0.494 e. The molecule has 170 valence electrons. The van der Waals surface area contributed by atoms with Crippen molar-refractivity contribution in [2.45, 2.75) is 44.9 Å². The Bertz CT molecular complexity index is 710. The molecule has 6 rings (SSSR count). The first-order valence-corrected chi connectivity index (χ1v) is 12.2. The van der Waals surface area contributed by atoms with Crippen LogP contribution < -0.4 is 15.4 Å². The Labute approximate surface area is 186 Å². The smallest absolute Gasteiger partial charge is 0.319 e. The van der Waals surface area contributed by atoms with Crippen molar-refractivity contribution in [3.05, 3.63) is 24.3 Å². The van der Waals surface area contributed by atoms with Crippen LogP contribution in [-0.2, 0) is 4.74 Å². The van der Waals surface area contributed by atoms with Gasteiger partial charge in [-0.1, -0.05) is 0 Å². The Hall–Kier alpha value is -1.79. The molecule has 31 heavy (non-hydrogen) atoms. The van der Waals surface area contributed by atoms with Crippen LogP contribution in [0.4, 0.5) is 10.5 Å². The van der Waals surface area contributed by atoms with Crippen LogP contribution in [0, 0.1) is 23.2 Å². The molecule has 1 aromatic carbocycles. The highest BCUT2D eigenvalue weighted by molar-refractivity contribution is 5.89. The molecule has 4 aliphatic carbocycles. The molecule has 2 N–H and O–H groups in total. The average Bonchev–Trinajstić information content (AvgIpc) is 2.76. The van der Waals surface area contributed by atoms with Crippen LogP contribution in [0.25, 0.3) is 0 Å². The third-order valence-corrected chi connectivity index (χ3v) is 7.89. The number of hydrogen-bond donors (Lipinski definition) is 2. The van der Waals surface area contributed by atoms with E-state index in [4.69, 9.17) is 9.47 Å². The van der Waals surface area contributed by atoms with Crippen molar-refractivity contribution < 1.29 is 14.3 Å². The molecule has 2 amide bonds. The minimum Gasteiger partial charge on any atom is -0.494 e. The van der Waals surface area contributed by atoms with Gasteiger partial charge in [-0.25, -0.2) is 4.79 Å². The van der Waals surface area contributed by atoms with E-state index >= 15 is 0 Å². The maximum absolute atomic E-state index is 12.5. The molecule has 0 radical (unpaired) electrons. The number of benzene rings is 1. The Balaban J connectivity index is 1.02. The van der Waals surface area contributed by atoms with Crippen LogP contribution in [0.15, 0.2) is 24.3 Å². The lowest BCUT2D eigenvalue weighted by atomic mass is 9.49. The zero-order valence-corrected chi connectivity index (χ0v) is 18.6. The first-order valence-electron chi connectivity index (χ1n) is 12.2. The number of morpholine rings is 1. The molecule has 1 aromatic rings. The minimum absolute atomic E-state index is 0.0880. The summed E-state index contributed by atoms with van der Waals surface area (Å²) in [6.45, 7) is 6.29. The highest BCUT2D eigenvalue weighted by Gasteiger charge is 2.50. The van der Waals surface area contributed by atoms with Gasteiger partial charge in [0.05, 0.1) is 19.8 Å². The van der Waals surface area contributed by atoms with Gasteiger partial charge in [-0.05, 0) is 92.4 Å². The highest BCUT2D eigenvalue weighted by Crippen LogP contribution is 2.59. The van der Waals surface area contributed by atoms with E-state index in [0.29, 0.717) is 12.0 Å². The second-order valence-corrected chi connectivity index (χ2v) is 10.4. The van der Waals surface area contributed by atoms with Crippen LogP contribution in [-0.4, -0.2) is 56.9 Å². The average molecular weight is 428 g/mol. The molecule has 4 saturated carbocycles. The van der Waals surface area contributed by atoms with Gasteiger partial charge >= 0.3 is 6.03 Å². The number of nitrogens with one attached hydrogen (secondary N) is 2. The van der Waals surface area contributed by atoms with Crippen molar-refractivity contribution in [1.82, 2.24) is 10.2 Å². The quantitative estimate of drug-likeness (QED) is 0.613. The number of carbonyl (C=O) groups is 1. The summed E-state index contributed by atoms with van der Waals surface area (Å²) in [4.78, 5) is 14.9. The molecule has 0 aromatic heterocycles. The van der Waals surface area contributed by atoms with Gasteiger partial charge in [0.1, 0.15) is 5.75 Å². The Kier molecular flexibility index (Phi) is 6.37. The van der Waals surface area contributed by atoms with Gasteiger partial charge in [0.25, 0.3) is 0 Å². The van der Waals surface area contributed by atoms with Crippen LogP contribution in [0.2, 0.25) is 0 Å². The zero-order valence-electron chi connectivity index (χ0n) is 18.6. The number of carbonyl (C=O) groups excluding carboxylic acids is 1. The third-order valence-electron chi connectivity index (χ3n) is 7.89. The summed E-state index contributed by atoms with van der Waals surface area (Å²) >= 11 is 0. The third kappa shape index (κ3) is 5.35. The second-order valence-electron chi connectivity index (χ2n) is 10.4. The SMILES string of the molecule is O=C(NCC12CC3CC(CC(C3)C1)C2)Nc1ccc(OCCCN2CCOCC2)cc1. The molecule has 1 aliphatic heterocycles. The Morgan fingerprint density at radius 1 is 1.03 bits per heavy atom. The van der Waals surface area contributed by atoms with E-state index in [0.717, 1.165) is 75.0 Å². The molecule has 0 unspecified atom stereocenters. The molecule has 0 spiro atoms. The maximum atomic E-state index is 12.5. The van der Waals surface area contributed by atoms with Crippen LogP contribution in [0.5, 0.6) is 5.75 Å². The van der Waals surface area contributed by atoms with Crippen molar-refractivity contribution in [2.24, 2.45) is 23.2 Å². The number of urea groups is 1. The van der Waals surface area contributed by atoms with E-state index in [1.807, 2.05) is 24.3 Å². The summed E-state index contributed by atoms with van der Waals surface area (Å²) in [6.07, 6.45) is 9.27. The standard InChI is InChI=1S/C25H37N3O3/c29-24(26-18-25-15-19-12-20(16-25)14-21(13-19)17-25)27-22-2-4-23(5-3-22)31-9-1-6-28-7-10-30-11-8-28/h2-5,19-21H,1,6-18H2,(H2,26,27,29). The maximum Gasteiger partial charge on any atom is 0.319 e. The summed E-state index contributed by atoms with van der Waals surface area (Å²) in [5, 5.41) is 6.17. The van der Waals surface area contributed by atoms with Crippen LogP contribution in [0.3, 0.4) is 0 Å². The lowest BCUT2D eigenvalue weighted by molar-refractivity contribution is -0.0496. The van der Waals surface area contributed by atoms with Crippen LogP contribution in [0.1, 0.15) is 44.9 Å². The van der Waals surface area contributed by atoms with E-state index in [2.05, 4.69) is 15.5 Å². The number of ether oxygens (including phenoxy) is 2. The van der Waals surface area contributed by atoms with E-state index < -0.39 is 0 Å². The fourth-order valence-corrected chi connectivity index (χ4v) is 6.89. The number of nitrogens with zero attached hydrogens (tertiary/aromatic N) is 1. The normalized spacial score (nSPS) is 32.1. The molecular weight excluding hydrogens is 390 g/mol.